The van der Waals surface area contributed by atoms with Crippen LogP contribution in [0.15, 0.2) is 158 Å². The number of fused-ring (bicyclic) bond motifs is 2. The lowest BCUT2D eigenvalue weighted by Gasteiger charge is -2.30. The number of aryl methyl sites for hydroxylation is 6. The average molecular weight is 673 g/mol. The van der Waals surface area contributed by atoms with Crippen molar-refractivity contribution in [3.63, 3.8) is 0 Å². The van der Waals surface area contributed by atoms with Gasteiger partial charge < -0.3 is 9.80 Å². The molecule has 0 heterocycles. The fourth-order valence-corrected chi connectivity index (χ4v) is 8.04. The first kappa shape index (κ1) is 33.0. The summed E-state index contributed by atoms with van der Waals surface area (Å²) < 4.78 is 0. The third-order valence-electron chi connectivity index (χ3n) is 10.5. The van der Waals surface area contributed by atoms with Gasteiger partial charge in [-0.3, -0.25) is 0 Å². The van der Waals surface area contributed by atoms with Gasteiger partial charge in [0.05, 0.1) is 0 Å². The Labute approximate surface area is 308 Å². The summed E-state index contributed by atoms with van der Waals surface area (Å²) in [5.74, 6) is 0. The number of benzene rings is 8. The molecule has 0 unspecified atom stereocenters. The fourth-order valence-electron chi connectivity index (χ4n) is 8.04. The molecule has 0 amide bonds. The summed E-state index contributed by atoms with van der Waals surface area (Å²) >= 11 is 0. The van der Waals surface area contributed by atoms with Gasteiger partial charge in [0.25, 0.3) is 0 Å². The van der Waals surface area contributed by atoms with Crippen LogP contribution in [0.5, 0.6) is 0 Å². The van der Waals surface area contributed by atoms with E-state index in [4.69, 9.17) is 0 Å². The van der Waals surface area contributed by atoms with Crippen LogP contribution in [0, 0.1) is 41.5 Å². The Hall–Kier alpha value is -6.12. The molecule has 0 N–H and O–H groups in total. The van der Waals surface area contributed by atoms with E-state index in [9.17, 15) is 0 Å². The summed E-state index contributed by atoms with van der Waals surface area (Å²) in [6.45, 7) is 13.5. The quantitative estimate of drug-likeness (QED) is 0.166. The van der Waals surface area contributed by atoms with Crippen molar-refractivity contribution >= 4 is 55.7 Å². The third-order valence-corrected chi connectivity index (χ3v) is 10.5. The predicted molar refractivity (Wildman–Crippen MR) is 225 cm³/mol. The van der Waals surface area contributed by atoms with Gasteiger partial charge in [-0.15, -0.1) is 0 Å². The zero-order chi connectivity index (χ0) is 35.9. The maximum Gasteiger partial charge on any atom is 0.0490 e. The van der Waals surface area contributed by atoms with E-state index in [-0.39, 0.29) is 0 Å². The molecule has 0 radical (unpaired) electrons. The van der Waals surface area contributed by atoms with Gasteiger partial charge in [0.15, 0.2) is 0 Å². The minimum Gasteiger partial charge on any atom is -0.310 e. The van der Waals surface area contributed by atoms with Crippen LogP contribution in [0.3, 0.4) is 0 Å². The molecule has 0 saturated carbocycles. The molecule has 254 valence electrons. The standard InChI is InChI=1S/C50H44N2/c1-33-15-7-13-21-47(33)51(43-25-23-39-17-9-11-19-41(39)31-43)45-27-35(3)49(36(4)28-45)50-37(5)29-46(30-38(50)6)52(48-22-14-8-16-34(48)2)44-26-24-40-18-10-12-20-42(40)32-44/h7-32H,1-6H3. The van der Waals surface area contributed by atoms with Gasteiger partial charge in [-0.25, -0.2) is 0 Å². The second-order valence-electron chi connectivity index (χ2n) is 14.2. The van der Waals surface area contributed by atoms with E-state index in [1.807, 2.05) is 0 Å². The van der Waals surface area contributed by atoms with Crippen molar-refractivity contribution in [2.24, 2.45) is 0 Å². The van der Waals surface area contributed by atoms with Crippen LogP contribution in [0.2, 0.25) is 0 Å². The Bertz CT molecular complexity index is 2380. The van der Waals surface area contributed by atoms with Gasteiger partial charge in [0.2, 0.25) is 0 Å². The summed E-state index contributed by atoms with van der Waals surface area (Å²) in [6.07, 6.45) is 0. The third kappa shape index (κ3) is 6.01. The predicted octanol–water partition coefficient (Wildman–Crippen LogP) is 14.5. The Morgan fingerprint density at radius 1 is 0.269 bits per heavy atom. The molecule has 0 spiro atoms. The highest BCUT2D eigenvalue weighted by Crippen LogP contribution is 2.44. The van der Waals surface area contributed by atoms with Gasteiger partial charge in [-0.1, -0.05) is 97.1 Å². The zero-order valence-electron chi connectivity index (χ0n) is 30.9. The molecule has 0 bridgehead atoms. The minimum atomic E-state index is 1.15. The summed E-state index contributed by atoms with van der Waals surface area (Å²) in [6, 6.07) is 57.6. The molecule has 52 heavy (non-hydrogen) atoms. The van der Waals surface area contributed by atoms with Crippen LogP contribution < -0.4 is 9.80 Å². The maximum atomic E-state index is 2.41. The summed E-state index contributed by atoms with van der Waals surface area (Å²) in [4.78, 5) is 4.83. The number of hydrogen-bond donors (Lipinski definition) is 0. The Morgan fingerprint density at radius 2 is 0.596 bits per heavy atom. The molecular formula is C50H44N2. The number of rotatable bonds is 7. The molecule has 0 saturated heterocycles. The van der Waals surface area contributed by atoms with Gasteiger partial charge in [0, 0.05) is 34.1 Å². The molecule has 0 aliphatic heterocycles. The van der Waals surface area contributed by atoms with E-state index in [1.165, 1.54) is 77.4 Å². The highest BCUT2D eigenvalue weighted by atomic mass is 15.1. The van der Waals surface area contributed by atoms with E-state index in [0.29, 0.717) is 0 Å². The van der Waals surface area contributed by atoms with Crippen LogP contribution in [0.4, 0.5) is 34.1 Å². The van der Waals surface area contributed by atoms with Crippen LogP contribution in [-0.4, -0.2) is 0 Å². The SMILES string of the molecule is Cc1ccccc1N(c1cc(C)c(-c2c(C)cc(N(c3ccc4ccccc4c3)c3ccccc3C)cc2C)c(C)c1)c1ccc2ccccc2c1. The van der Waals surface area contributed by atoms with Crippen molar-refractivity contribution in [1.82, 2.24) is 0 Å². The van der Waals surface area contributed by atoms with Gasteiger partial charge >= 0.3 is 0 Å². The van der Waals surface area contributed by atoms with Gasteiger partial charge in [0.1, 0.15) is 0 Å². The molecule has 0 fully saturated rings. The monoisotopic (exact) mass is 672 g/mol. The molecule has 0 aromatic heterocycles. The molecule has 8 aromatic carbocycles. The molecular weight excluding hydrogens is 629 g/mol. The molecule has 0 aliphatic carbocycles. The van der Waals surface area contributed by atoms with E-state index in [0.717, 1.165) is 22.7 Å². The maximum absolute atomic E-state index is 2.41. The van der Waals surface area contributed by atoms with E-state index >= 15 is 0 Å². The zero-order valence-corrected chi connectivity index (χ0v) is 30.9. The van der Waals surface area contributed by atoms with Crippen molar-refractivity contribution in [3.05, 3.63) is 191 Å². The Kier molecular flexibility index (Phi) is 8.61. The van der Waals surface area contributed by atoms with Crippen molar-refractivity contribution in [2.75, 3.05) is 9.80 Å². The Balaban J connectivity index is 1.25. The van der Waals surface area contributed by atoms with Crippen LogP contribution in [0.1, 0.15) is 33.4 Å². The molecule has 2 heteroatoms. The smallest absolute Gasteiger partial charge is 0.0490 e. The first-order valence-corrected chi connectivity index (χ1v) is 18.2. The summed E-state index contributed by atoms with van der Waals surface area (Å²) in [7, 11) is 0. The summed E-state index contributed by atoms with van der Waals surface area (Å²) in [5.41, 5.74) is 17.1. The molecule has 8 aromatic rings. The highest BCUT2D eigenvalue weighted by Gasteiger charge is 2.22. The first-order chi connectivity index (χ1) is 25.3. The van der Waals surface area contributed by atoms with Crippen LogP contribution >= 0.6 is 0 Å². The number of anilines is 6. The van der Waals surface area contributed by atoms with E-state index in [2.05, 4.69) is 209 Å². The van der Waals surface area contributed by atoms with E-state index < -0.39 is 0 Å². The largest absolute Gasteiger partial charge is 0.310 e. The number of hydrogen-bond acceptors (Lipinski definition) is 2. The topological polar surface area (TPSA) is 6.48 Å². The number of nitrogens with zero attached hydrogens (tertiary/aromatic N) is 2. The van der Waals surface area contributed by atoms with Gasteiger partial charge in [-0.2, -0.15) is 0 Å². The highest BCUT2D eigenvalue weighted by molar-refractivity contribution is 5.93. The van der Waals surface area contributed by atoms with Crippen molar-refractivity contribution in [3.8, 4) is 11.1 Å². The summed E-state index contributed by atoms with van der Waals surface area (Å²) in [5, 5.41) is 4.96. The first-order valence-electron chi connectivity index (χ1n) is 18.2. The lowest BCUT2D eigenvalue weighted by Crippen LogP contribution is -2.13. The second-order valence-corrected chi connectivity index (χ2v) is 14.2. The minimum absolute atomic E-state index is 1.15. The lowest BCUT2D eigenvalue weighted by atomic mass is 9.88. The number of para-hydroxylation sites is 2. The fraction of sp³-hybridized carbons (Fsp3) is 0.120. The molecule has 0 aliphatic rings. The normalized spacial score (nSPS) is 11.3. The van der Waals surface area contributed by atoms with E-state index in [1.54, 1.807) is 0 Å². The Morgan fingerprint density at radius 3 is 0.962 bits per heavy atom. The molecule has 2 nitrogen and oxygen atoms in total. The molecule has 8 rings (SSSR count). The van der Waals surface area contributed by atoms with Crippen molar-refractivity contribution < 1.29 is 0 Å². The van der Waals surface area contributed by atoms with Crippen molar-refractivity contribution in [1.29, 1.82) is 0 Å². The lowest BCUT2D eigenvalue weighted by molar-refractivity contribution is 1.22. The molecule has 0 atom stereocenters. The van der Waals surface area contributed by atoms with Gasteiger partial charge in [-0.05, 0) is 168 Å². The van der Waals surface area contributed by atoms with Crippen molar-refractivity contribution in [2.45, 2.75) is 41.5 Å². The van der Waals surface area contributed by atoms with Crippen LogP contribution in [0.25, 0.3) is 32.7 Å². The van der Waals surface area contributed by atoms with Crippen LogP contribution in [-0.2, 0) is 0 Å². The average Bonchev–Trinajstić information content (AvgIpc) is 3.14. The second kappa shape index (κ2) is 13.5.